The van der Waals surface area contributed by atoms with E-state index >= 15 is 0 Å². The van der Waals surface area contributed by atoms with Crippen molar-refractivity contribution < 1.29 is 10.2 Å². The van der Waals surface area contributed by atoms with Crippen LogP contribution in [0.4, 0.5) is 0 Å². The minimum atomic E-state index is -0.521. The Morgan fingerprint density at radius 2 is 1.79 bits per heavy atom. The topological polar surface area (TPSA) is 40.5 Å². The molecule has 0 bridgehead atoms. The van der Waals surface area contributed by atoms with Crippen LogP contribution in [-0.2, 0) is 6.42 Å². The molecule has 2 heteroatoms. The molecule has 14 heavy (non-hydrogen) atoms. The Labute approximate surface area is 84.5 Å². The quantitative estimate of drug-likeness (QED) is 0.710. The molecule has 0 fully saturated rings. The molecule has 0 radical (unpaired) electrons. The predicted octanol–water partition coefficient (Wildman–Crippen LogP) is 1.53. The van der Waals surface area contributed by atoms with E-state index in [0.717, 1.165) is 5.56 Å². The van der Waals surface area contributed by atoms with E-state index in [-0.39, 0.29) is 0 Å². The monoisotopic (exact) mass is 192 g/mol. The molecular formula is C12H16O2. The largest absolute Gasteiger partial charge is 0.389 e. The minimum absolute atomic E-state index is 0.500. The Morgan fingerprint density at radius 1 is 1.14 bits per heavy atom. The average molecular weight is 192 g/mol. The maximum absolute atomic E-state index is 9.55. The van der Waals surface area contributed by atoms with E-state index in [2.05, 4.69) is 0 Å². The average Bonchev–Trinajstić information content (AvgIpc) is 2.16. The van der Waals surface area contributed by atoms with Gasteiger partial charge < -0.3 is 10.2 Å². The summed E-state index contributed by atoms with van der Waals surface area (Å²) in [5.41, 5.74) is 1.09. The molecule has 0 saturated heterocycles. The second-order valence-corrected chi connectivity index (χ2v) is 3.38. The third-order valence-corrected chi connectivity index (χ3v) is 1.90. The van der Waals surface area contributed by atoms with E-state index in [4.69, 9.17) is 5.11 Å². The lowest BCUT2D eigenvalue weighted by Crippen LogP contribution is -2.07. The van der Waals surface area contributed by atoms with Crippen LogP contribution >= 0.6 is 0 Å². The normalized spacial score (nSPS) is 15.6. The number of aliphatic hydroxyl groups is 2. The number of rotatable bonds is 4. The SMILES string of the molecule is CC(O)C=CC(O)Cc1ccccc1. The highest BCUT2D eigenvalue weighted by Crippen LogP contribution is 2.04. The summed E-state index contributed by atoms with van der Waals surface area (Å²) >= 11 is 0. The second-order valence-electron chi connectivity index (χ2n) is 3.38. The second kappa shape index (κ2) is 5.58. The summed E-state index contributed by atoms with van der Waals surface area (Å²) in [6, 6.07) is 9.78. The van der Waals surface area contributed by atoms with Crippen molar-refractivity contribution in [3.8, 4) is 0 Å². The van der Waals surface area contributed by atoms with Crippen LogP contribution < -0.4 is 0 Å². The van der Waals surface area contributed by atoms with Crippen LogP contribution in [0.5, 0.6) is 0 Å². The third kappa shape index (κ3) is 4.21. The van der Waals surface area contributed by atoms with Crippen LogP contribution in [0.1, 0.15) is 12.5 Å². The predicted molar refractivity (Wildman–Crippen MR) is 57.0 cm³/mol. The summed E-state index contributed by atoms with van der Waals surface area (Å²) in [6.45, 7) is 1.66. The maximum Gasteiger partial charge on any atom is 0.0762 e. The van der Waals surface area contributed by atoms with Crippen molar-refractivity contribution in [1.82, 2.24) is 0 Å². The number of aliphatic hydroxyl groups excluding tert-OH is 2. The molecule has 0 aliphatic heterocycles. The standard InChI is InChI=1S/C12H16O2/c1-10(13)7-8-12(14)9-11-5-3-2-4-6-11/h2-8,10,12-14H,9H2,1H3. The van der Waals surface area contributed by atoms with Crippen LogP contribution in [-0.4, -0.2) is 22.4 Å². The van der Waals surface area contributed by atoms with Crippen LogP contribution in [0.25, 0.3) is 0 Å². The summed E-state index contributed by atoms with van der Waals surface area (Å²) in [6.07, 6.45) is 2.78. The Morgan fingerprint density at radius 3 is 2.36 bits per heavy atom. The summed E-state index contributed by atoms with van der Waals surface area (Å²) in [7, 11) is 0. The first-order chi connectivity index (χ1) is 6.68. The Kier molecular flexibility index (Phi) is 4.36. The molecule has 1 rings (SSSR count). The van der Waals surface area contributed by atoms with Crippen molar-refractivity contribution in [1.29, 1.82) is 0 Å². The smallest absolute Gasteiger partial charge is 0.0762 e. The van der Waals surface area contributed by atoms with Gasteiger partial charge in [-0.3, -0.25) is 0 Å². The van der Waals surface area contributed by atoms with Crippen LogP contribution in [0, 0.1) is 0 Å². The van der Waals surface area contributed by atoms with Crippen LogP contribution in [0.2, 0.25) is 0 Å². The zero-order valence-corrected chi connectivity index (χ0v) is 8.30. The van der Waals surface area contributed by atoms with Gasteiger partial charge in [0.2, 0.25) is 0 Å². The van der Waals surface area contributed by atoms with Gasteiger partial charge in [0, 0.05) is 6.42 Å². The van der Waals surface area contributed by atoms with Gasteiger partial charge in [0.15, 0.2) is 0 Å². The van der Waals surface area contributed by atoms with Gasteiger partial charge in [-0.2, -0.15) is 0 Å². The summed E-state index contributed by atoms with van der Waals surface area (Å²) in [5, 5.41) is 18.5. The molecule has 2 N–H and O–H groups in total. The zero-order chi connectivity index (χ0) is 10.4. The van der Waals surface area contributed by atoms with Gasteiger partial charge >= 0.3 is 0 Å². The van der Waals surface area contributed by atoms with E-state index in [1.165, 1.54) is 0 Å². The first-order valence-electron chi connectivity index (χ1n) is 4.77. The molecule has 0 aliphatic rings. The first kappa shape index (κ1) is 11.0. The Balaban J connectivity index is 2.45. The van der Waals surface area contributed by atoms with Gasteiger partial charge in [-0.15, -0.1) is 0 Å². The maximum atomic E-state index is 9.55. The third-order valence-electron chi connectivity index (χ3n) is 1.90. The summed E-state index contributed by atoms with van der Waals surface area (Å²) in [5.74, 6) is 0. The van der Waals surface area contributed by atoms with Crippen molar-refractivity contribution in [2.75, 3.05) is 0 Å². The molecule has 0 spiro atoms. The van der Waals surface area contributed by atoms with E-state index < -0.39 is 12.2 Å². The van der Waals surface area contributed by atoms with Crippen molar-refractivity contribution >= 4 is 0 Å². The molecule has 1 aromatic rings. The van der Waals surface area contributed by atoms with Crippen molar-refractivity contribution in [3.63, 3.8) is 0 Å². The van der Waals surface area contributed by atoms with Gasteiger partial charge in [-0.05, 0) is 12.5 Å². The Bertz CT molecular complexity index is 278. The van der Waals surface area contributed by atoms with Crippen LogP contribution in [0.15, 0.2) is 42.5 Å². The van der Waals surface area contributed by atoms with E-state index in [1.54, 1.807) is 19.1 Å². The van der Waals surface area contributed by atoms with E-state index in [0.29, 0.717) is 6.42 Å². The Hall–Kier alpha value is -1.12. The summed E-state index contributed by atoms with van der Waals surface area (Å²) in [4.78, 5) is 0. The molecule has 0 heterocycles. The van der Waals surface area contributed by atoms with Gasteiger partial charge in [0.05, 0.1) is 12.2 Å². The van der Waals surface area contributed by atoms with Gasteiger partial charge in [-0.25, -0.2) is 0 Å². The van der Waals surface area contributed by atoms with E-state index in [9.17, 15) is 5.11 Å². The molecule has 0 saturated carbocycles. The first-order valence-corrected chi connectivity index (χ1v) is 4.77. The van der Waals surface area contributed by atoms with Gasteiger partial charge in [0.25, 0.3) is 0 Å². The minimum Gasteiger partial charge on any atom is -0.389 e. The molecule has 2 unspecified atom stereocenters. The van der Waals surface area contributed by atoms with Gasteiger partial charge in [-0.1, -0.05) is 42.5 Å². The highest BCUT2D eigenvalue weighted by Gasteiger charge is 2.00. The van der Waals surface area contributed by atoms with Gasteiger partial charge in [0.1, 0.15) is 0 Å². The lowest BCUT2D eigenvalue weighted by atomic mass is 10.1. The molecule has 1 aromatic carbocycles. The van der Waals surface area contributed by atoms with Crippen molar-refractivity contribution in [2.45, 2.75) is 25.6 Å². The lowest BCUT2D eigenvalue weighted by Gasteiger charge is -2.05. The molecule has 0 aromatic heterocycles. The molecule has 2 nitrogen and oxygen atoms in total. The fraction of sp³-hybridized carbons (Fsp3) is 0.333. The molecule has 0 aliphatic carbocycles. The molecule has 2 atom stereocenters. The highest BCUT2D eigenvalue weighted by molar-refractivity contribution is 5.16. The fourth-order valence-electron chi connectivity index (χ4n) is 1.21. The molecular weight excluding hydrogens is 176 g/mol. The molecule has 76 valence electrons. The van der Waals surface area contributed by atoms with E-state index in [1.807, 2.05) is 30.3 Å². The van der Waals surface area contributed by atoms with Crippen molar-refractivity contribution in [3.05, 3.63) is 48.0 Å². The summed E-state index contributed by atoms with van der Waals surface area (Å²) < 4.78 is 0. The molecule has 0 amide bonds. The zero-order valence-electron chi connectivity index (χ0n) is 8.30. The highest BCUT2D eigenvalue weighted by atomic mass is 16.3. The number of hydrogen-bond donors (Lipinski definition) is 2. The lowest BCUT2D eigenvalue weighted by molar-refractivity contribution is 0.215. The van der Waals surface area contributed by atoms with Crippen LogP contribution in [0.3, 0.4) is 0 Å². The fourth-order valence-corrected chi connectivity index (χ4v) is 1.21. The number of hydrogen-bond acceptors (Lipinski definition) is 2. The number of benzene rings is 1. The van der Waals surface area contributed by atoms with Crippen molar-refractivity contribution in [2.24, 2.45) is 0 Å².